The Morgan fingerprint density at radius 2 is 1.77 bits per heavy atom. The van der Waals surface area contributed by atoms with E-state index in [4.69, 9.17) is 4.98 Å². The molecule has 1 aliphatic rings. The molecule has 0 saturated heterocycles. The molecule has 10 heteroatoms. The first-order chi connectivity index (χ1) is 20.7. The first-order valence-electron chi connectivity index (χ1n) is 14.0. The molecule has 6 aromatic rings. The summed E-state index contributed by atoms with van der Waals surface area (Å²) in [5.74, 6) is 0.203. The molecule has 0 bridgehead atoms. The lowest BCUT2D eigenvalue weighted by molar-refractivity contribution is 0.0993. The SMILES string of the molecule is Cc1cc(-c2ccc(F)c3c2CN(c2cccc4c(-c5nc(Nc6cc(C)n(C)n6)ncc5C)c[nH]c24)C3=O)cc(C)n1. The maximum Gasteiger partial charge on any atom is 0.262 e. The molecule has 2 N–H and O–H groups in total. The van der Waals surface area contributed by atoms with Gasteiger partial charge in [0.15, 0.2) is 5.82 Å². The fraction of sp³-hybridized carbons (Fsp3) is 0.182. The normalized spacial score (nSPS) is 12.8. The number of rotatable bonds is 5. The Balaban J connectivity index is 1.28. The highest BCUT2D eigenvalue weighted by atomic mass is 19.1. The number of nitrogens with zero attached hydrogens (tertiary/aromatic N) is 6. The van der Waals surface area contributed by atoms with Crippen LogP contribution < -0.4 is 10.2 Å². The van der Waals surface area contributed by atoms with Crippen molar-refractivity contribution in [1.29, 1.82) is 0 Å². The van der Waals surface area contributed by atoms with Crippen molar-refractivity contribution in [3.05, 3.63) is 101 Å². The zero-order chi connectivity index (χ0) is 30.0. The van der Waals surface area contributed by atoms with Crippen LogP contribution >= 0.6 is 0 Å². The zero-order valence-corrected chi connectivity index (χ0v) is 24.5. The summed E-state index contributed by atoms with van der Waals surface area (Å²) in [4.78, 5) is 32.5. The number of pyridine rings is 1. The largest absolute Gasteiger partial charge is 0.359 e. The number of aromatic nitrogens is 6. The minimum Gasteiger partial charge on any atom is -0.359 e. The van der Waals surface area contributed by atoms with E-state index in [2.05, 4.69) is 25.4 Å². The second-order valence-corrected chi connectivity index (χ2v) is 11.0. The van der Waals surface area contributed by atoms with Crippen molar-refractivity contribution in [2.24, 2.45) is 7.05 Å². The Kier molecular flexibility index (Phi) is 6.08. The molecule has 0 saturated carbocycles. The molecule has 0 fully saturated rings. The Hall–Kier alpha value is -5.38. The Morgan fingerprint density at radius 3 is 2.51 bits per heavy atom. The number of nitrogens with one attached hydrogen (secondary N) is 2. The number of carbonyl (C=O) groups is 1. The van der Waals surface area contributed by atoms with Crippen LogP contribution in [0, 0.1) is 33.5 Å². The standard InChI is InChI=1S/C33H29FN8O/c1-17-14-36-33(38-28-13-20(4)41(5)40-28)39-30(17)24-15-35-31-23(24)7-6-8-27(31)42-16-25-22(9-10-26(34)29(25)32(42)43)21-11-18(2)37-19(3)12-21/h6-15,35H,16H2,1-5H3,(H,36,38,39,40). The van der Waals surface area contributed by atoms with Crippen molar-refractivity contribution in [3.8, 4) is 22.4 Å². The molecule has 2 aromatic carbocycles. The number of anilines is 3. The number of H-pyrrole nitrogens is 1. The van der Waals surface area contributed by atoms with Crippen molar-refractivity contribution in [2.45, 2.75) is 34.2 Å². The third-order valence-corrected chi connectivity index (χ3v) is 7.99. The van der Waals surface area contributed by atoms with Crippen LogP contribution in [-0.2, 0) is 13.6 Å². The first-order valence-corrected chi connectivity index (χ1v) is 14.0. The minimum absolute atomic E-state index is 0.112. The van der Waals surface area contributed by atoms with E-state index in [9.17, 15) is 4.79 Å². The van der Waals surface area contributed by atoms with Crippen LogP contribution in [-0.4, -0.2) is 35.6 Å². The molecule has 4 aromatic heterocycles. The van der Waals surface area contributed by atoms with E-state index in [0.29, 0.717) is 23.0 Å². The summed E-state index contributed by atoms with van der Waals surface area (Å²) in [6.07, 6.45) is 3.66. The molecule has 0 spiro atoms. The molecule has 7 rings (SSSR count). The van der Waals surface area contributed by atoms with Crippen molar-refractivity contribution >= 4 is 34.3 Å². The molecule has 9 nitrogen and oxygen atoms in total. The molecule has 0 atom stereocenters. The summed E-state index contributed by atoms with van der Waals surface area (Å²) < 4.78 is 17.0. The van der Waals surface area contributed by atoms with Gasteiger partial charge in [-0.3, -0.25) is 14.5 Å². The van der Waals surface area contributed by atoms with E-state index in [1.807, 2.05) is 77.3 Å². The van der Waals surface area contributed by atoms with Gasteiger partial charge >= 0.3 is 0 Å². The summed E-state index contributed by atoms with van der Waals surface area (Å²) in [6.45, 7) is 8.04. The molecule has 43 heavy (non-hydrogen) atoms. The number of carbonyl (C=O) groups excluding carboxylic acids is 1. The summed E-state index contributed by atoms with van der Waals surface area (Å²) in [6, 6.07) is 14.8. The molecular formula is C33H29FN8O. The Morgan fingerprint density at radius 1 is 0.977 bits per heavy atom. The van der Waals surface area contributed by atoms with Crippen LogP contribution in [0.4, 0.5) is 21.8 Å². The van der Waals surface area contributed by atoms with Crippen LogP contribution in [0.5, 0.6) is 0 Å². The van der Waals surface area contributed by atoms with Crippen molar-refractivity contribution < 1.29 is 9.18 Å². The van der Waals surface area contributed by atoms with Gasteiger partial charge in [-0.1, -0.05) is 18.2 Å². The van der Waals surface area contributed by atoms with E-state index < -0.39 is 5.82 Å². The molecule has 0 radical (unpaired) electrons. The number of aryl methyl sites for hydroxylation is 5. The monoisotopic (exact) mass is 572 g/mol. The number of hydrogen-bond donors (Lipinski definition) is 2. The van der Waals surface area contributed by atoms with Crippen LogP contribution in [0.25, 0.3) is 33.3 Å². The molecule has 214 valence electrons. The zero-order valence-electron chi connectivity index (χ0n) is 24.5. The van der Waals surface area contributed by atoms with E-state index in [1.165, 1.54) is 6.07 Å². The lowest BCUT2D eigenvalue weighted by Crippen LogP contribution is -2.23. The summed E-state index contributed by atoms with van der Waals surface area (Å²) in [7, 11) is 1.88. The minimum atomic E-state index is -0.521. The fourth-order valence-corrected chi connectivity index (χ4v) is 5.90. The van der Waals surface area contributed by atoms with Gasteiger partial charge in [0.25, 0.3) is 5.91 Å². The Bertz CT molecular complexity index is 2050. The average Bonchev–Trinajstić information content (AvgIpc) is 3.64. The smallest absolute Gasteiger partial charge is 0.262 e. The highest BCUT2D eigenvalue weighted by Crippen LogP contribution is 2.41. The third-order valence-electron chi connectivity index (χ3n) is 7.99. The summed E-state index contributed by atoms with van der Waals surface area (Å²) in [5.41, 5.74) is 9.24. The highest BCUT2D eigenvalue weighted by molar-refractivity contribution is 6.15. The van der Waals surface area contributed by atoms with Gasteiger partial charge in [-0.05, 0) is 74.2 Å². The number of halogens is 1. The van der Waals surface area contributed by atoms with Crippen molar-refractivity contribution in [3.63, 3.8) is 0 Å². The van der Waals surface area contributed by atoms with E-state index in [0.717, 1.165) is 55.9 Å². The topological polar surface area (TPSA) is 105 Å². The lowest BCUT2D eigenvalue weighted by atomic mass is 9.96. The fourth-order valence-electron chi connectivity index (χ4n) is 5.90. The second kappa shape index (κ2) is 9.87. The number of amides is 1. The number of para-hydroxylation sites is 1. The Labute approximate surface area is 247 Å². The van der Waals surface area contributed by atoms with E-state index in [-0.39, 0.29) is 18.0 Å². The van der Waals surface area contributed by atoms with Crippen molar-refractivity contribution in [2.75, 3.05) is 10.2 Å². The number of hydrogen-bond acceptors (Lipinski definition) is 6. The number of benzene rings is 2. The summed E-state index contributed by atoms with van der Waals surface area (Å²) >= 11 is 0. The second-order valence-electron chi connectivity index (χ2n) is 11.0. The van der Waals surface area contributed by atoms with Gasteiger partial charge in [-0.2, -0.15) is 5.10 Å². The van der Waals surface area contributed by atoms with Gasteiger partial charge in [-0.15, -0.1) is 0 Å². The maximum absolute atomic E-state index is 15.2. The molecule has 1 amide bonds. The molecule has 5 heterocycles. The summed E-state index contributed by atoms with van der Waals surface area (Å²) in [5, 5.41) is 8.52. The number of fused-ring (bicyclic) bond motifs is 2. The first kappa shape index (κ1) is 26.5. The maximum atomic E-state index is 15.2. The lowest BCUT2D eigenvalue weighted by Gasteiger charge is -2.17. The van der Waals surface area contributed by atoms with Crippen LogP contribution in [0.3, 0.4) is 0 Å². The molecule has 0 aliphatic carbocycles. The predicted molar refractivity (Wildman–Crippen MR) is 165 cm³/mol. The van der Waals surface area contributed by atoms with Crippen LogP contribution in [0.1, 0.15) is 38.6 Å². The number of aromatic amines is 1. The van der Waals surface area contributed by atoms with Gasteiger partial charge in [0, 0.05) is 53.5 Å². The van der Waals surface area contributed by atoms with Crippen LogP contribution in [0.15, 0.2) is 60.9 Å². The predicted octanol–water partition coefficient (Wildman–Crippen LogP) is 6.70. The van der Waals surface area contributed by atoms with E-state index >= 15 is 4.39 Å². The third kappa shape index (κ3) is 4.42. The van der Waals surface area contributed by atoms with E-state index in [1.54, 1.807) is 21.8 Å². The average molecular weight is 573 g/mol. The quantitative estimate of drug-likeness (QED) is 0.238. The van der Waals surface area contributed by atoms with Crippen LogP contribution in [0.2, 0.25) is 0 Å². The molecular weight excluding hydrogens is 543 g/mol. The van der Waals surface area contributed by atoms with Gasteiger partial charge in [0.05, 0.1) is 29.0 Å². The molecule has 0 unspecified atom stereocenters. The van der Waals surface area contributed by atoms with Gasteiger partial charge in [0.1, 0.15) is 5.82 Å². The van der Waals surface area contributed by atoms with Gasteiger partial charge < -0.3 is 15.2 Å². The molecule has 1 aliphatic heterocycles. The van der Waals surface area contributed by atoms with Gasteiger partial charge in [0.2, 0.25) is 5.95 Å². The van der Waals surface area contributed by atoms with Gasteiger partial charge in [-0.25, -0.2) is 14.4 Å². The van der Waals surface area contributed by atoms with Crippen molar-refractivity contribution in [1.82, 2.24) is 29.7 Å². The highest BCUT2D eigenvalue weighted by Gasteiger charge is 2.35.